The molecule has 2 aliphatic carbocycles. The Morgan fingerprint density at radius 2 is 1.44 bits per heavy atom. The first-order chi connectivity index (χ1) is 8.68. The van der Waals surface area contributed by atoms with Crippen LogP contribution in [0.3, 0.4) is 0 Å². The Hall–Kier alpha value is -0.120. The molecule has 4 atom stereocenters. The van der Waals surface area contributed by atoms with Crippen molar-refractivity contribution in [1.82, 2.24) is 4.90 Å². The smallest absolute Gasteiger partial charge is 0.0695 e. The van der Waals surface area contributed by atoms with Crippen molar-refractivity contribution in [3.63, 3.8) is 0 Å². The molecule has 2 aliphatic rings. The van der Waals surface area contributed by atoms with Gasteiger partial charge in [-0.1, -0.05) is 32.1 Å². The summed E-state index contributed by atoms with van der Waals surface area (Å²) in [5, 5.41) is 20.3. The van der Waals surface area contributed by atoms with Crippen LogP contribution in [0.25, 0.3) is 0 Å². The number of aliphatic hydroxyl groups excluding tert-OH is 2. The third-order valence-corrected chi connectivity index (χ3v) is 4.90. The molecule has 2 saturated carbocycles. The molecule has 3 heteroatoms. The lowest BCUT2D eigenvalue weighted by molar-refractivity contribution is 0.00769. The van der Waals surface area contributed by atoms with E-state index in [9.17, 15) is 10.2 Å². The van der Waals surface area contributed by atoms with Crippen LogP contribution in [0, 0.1) is 5.92 Å². The van der Waals surface area contributed by atoms with Crippen molar-refractivity contribution in [3.05, 3.63) is 0 Å². The first-order valence-electron chi connectivity index (χ1n) is 7.75. The van der Waals surface area contributed by atoms with Gasteiger partial charge in [-0.25, -0.2) is 0 Å². The molecule has 0 spiro atoms. The van der Waals surface area contributed by atoms with Crippen LogP contribution in [0.1, 0.15) is 57.8 Å². The minimum absolute atomic E-state index is 0.129. The topological polar surface area (TPSA) is 43.7 Å². The number of aliphatic hydroxyl groups is 2. The van der Waals surface area contributed by atoms with Crippen LogP contribution in [0.2, 0.25) is 0 Å². The van der Waals surface area contributed by atoms with Crippen molar-refractivity contribution in [2.24, 2.45) is 5.92 Å². The van der Waals surface area contributed by atoms with E-state index in [1.165, 1.54) is 25.7 Å². The average Bonchev–Trinajstić information content (AvgIpc) is 2.55. The summed E-state index contributed by atoms with van der Waals surface area (Å²) in [5.41, 5.74) is 0. The molecule has 2 rings (SSSR count). The largest absolute Gasteiger partial charge is 0.393 e. The highest BCUT2D eigenvalue weighted by atomic mass is 16.3. The first kappa shape index (κ1) is 14.3. The maximum atomic E-state index is 10.2. The Morgan fingerprint density at radius 1 is 0.833 bits per heavy atom. The molecule has 0 saturated heterocycles. The maximum absolute atomic E-state index is 10.2. The zero-order valence-corrected chi connectivity index (χ0v) is 11.7. The van der Waals surface area contributed by atoms with Crippen LogP contribution in [0.15, 0.2) is 0 Å². The zero-order valence-electron chi connectivity index (χ0n) is 11.7. The van der Waals surface area contributed by atoms with Gasteiger partial charge >= 0.3 is 0 Å². The Bertz CT molecular complexity index is 247. The molecule has 2 N–H and O–H groups in total. The normalized spacial score (nSPS) is 38.7. The summed E-state index contributed by atoms with van der Waals surface area (Å²) >= 11 is 0. The summed E-state index contributed by atoms with van der Waals surface area (Å²) in [5.74, 6) is 0.409. The molecule has 2 fully saturated rings. The third kappa shape index (κ3) is 3.69. The van der Waals surface area contributed by atoms with Gasteiger partial charge in [0.2, 0.25) is 0 Å². The van der Waals surface area contributed by atoms with Crippen molar-refractivity contribution in [1.29, 1.82) is 0 Å². The van der Waals surface area contributed by atoms with Crippen LogP contribution in [0.4, 0.5) is 0 Å². The molecule has 0 radical (unpaired) electrons. The lowest BCUT2D eigenvalue weighted by Gasteiger charge is -2.37. The molecule has 0 aromatic heterocycles. The summed E-state index contributed by atoms with van der Waals surface area (Å²) in [6, 6.07) is 0.314. The van der Waals surface area contributed by atoms with Crippen molar-refractivity contribution < 1.29 is 10.2 Å². The molecule has 4 unspecified atom stereocenters. The minimum atomic E-state index is -0.160. The molecular formula is C15H29NO2. The molecule has 0 bridgehead atoms. The standard InChI is InChI=1S/C15H29NO2/c1-16(13-8-5-6-10-15(13)18)11-12-7-3-2-4-9-14(12)17/h12-15,17-18H,2-11H2,1H3. The van der Waals surface area contributed by atoms with Crippen molar-refractivity contribution in [3.8, 4) is 0 Å². The Balaban J connectivity index is 1.86. The Kier molecular flexibility index (Phi) is 5.46. The molecule has 0 aromatic carbocycles. The molecule has 0 amide bonds. The van der Waals surface area contributed by atoms with E-state index >= 15 is 0 Å². The Morgan fingerprint density at radius 3 is 2.22 bits per heavy atom. The van der Waals surface area contributed by atoms with E-state index in [1.807, 2.05) is 0 Å². The van der Waals surface area contributed by atoms with Gasteiger partial charge in [0.1, 0.15) is 0 Å². The molecule has 18 heavy (non-hydrogen) atoms. The summed E-state index contributed by atoms with van der Waals surface area (Å²) in [6.07, 6.45) is 9.97. The zero-order chi connectivity index (χ0) is 13.0. The molecule has 0 aromatic rings. The molecule has 106 valence electrons. The monoisotopic (exact) mass is 255 g/mol. The van der Waals surface area contributed by atoms with Crippen LogP contribution >= 0.6 is 0 Å². The van der Waals surface area contributed by atoms with Gasteiger partial charge in [0.05, 0.1) is 12.2 Å². The van der Waals surface area contributed by atoms with Crippen LogP contribution in [-0.2, 0) is 0 Å². The highest BCUT2D eigenvalue weighted by Gasteiger charge is 2.30. The predicted octanol–water partition coefficient (Wildman–Crippen LogP) is 2.16. The van der Waals surface area contributed by atoms with Gasteiger partial charge in [0.25, 0.3) is 0 Å². The van der Waals surface area contributed by atoms with E-state index in [0.29, 0.717) is 12.0 Å². The van der Waals surface area contributed by atoms with E-state index in [1.54, 1.807) is 0 Å². The number of hydrogen-bond donors (Lipinski definition) is 2. The van der Waals surface area contributed by atoms with Crippen molar-refractivity contribution in [2.75, 3.05) is 13.6 Å². The molecule has 0 aliphatic heterocycles. The fourth-order valence-corrected chi connectivity index (χ4v) is 3.69. The second kappa shape index (κ2) is 6.88. The molecular weight excluding hydrogens is 226 g/mol. The predicted molar refractivity (Wildman–Crippen MR) is 73.5 cm³/mol. The maximum Gasteiger partial charge on any atom is 0.0695 e. The number of rotatable bonds is 3. The number of nitrogens with zero attached hydrogens (tertiary/aromatic N) is 1. The fourth-order valence-electron chi connectivity index (χ4n) is 3.69. The second-order valence-corrected chi connectivity index (χ2v) is 6.32. The van der Waals surface area contributed by atoms with E-state index in [-0.39, 0.29) is 12.2 Å². The van der Waals surface area contributed by atoms with Crippen molar-refractivity contribution >= 4 is 0 Å². The summed E-state index contributed by atoms with van der Waals surface area (Å²) in [6.45, 7) is 0.947. The minimum Gasteiger partial charge on any atom is -0.393 e. The van der Waals surface area contributed by atoms with Gasteiger partial charge in [0, 0.05) is 12.6 Å². The Labute approximate surface area is 111 Å². The summed E-state index contributed by atoms with van der Waals surface area (Å²) in [4.78, 5) is 2.31. The lowest BCUT2D eigenvalue weighted by Crippen LogP contribution is -2.46. The van der Waals surface area contributed by atoms with Crippen molar-refractivity contribution in [2.45, 2.75) is 76.0 Å². The number of hydrogen-bond acceptors (Lipinski definition) is 3. The number of likely N-dealkylation sites (N-methyl/N-ethyl adjacent to an activating group) is 1. The van der Waals surface area contributed by atoms with E-state index in [4.69, 9.17) is 0 Å². The quantitative estimate of drug-likeness (QED) is 0.760. The molecule has 0 heterocycles. The second-order valence-electron chi connectivity index (χ2n) is 6.32. The van der Waals surface area contributed by atoms with E-state index < -0.39 is 0 Å². The van der Waals surface area contributed by atoms with Gasteiger partial charge < -0.3 is 15.1 Å². The lowest BCUT2D eigenvalue weighted by atomic mass is 9.90. The van der Waals surface area contributed by atoms with Gasteiger partial charge in [-0.15, -0.1) is 0 Å². The average molecular weight is 255 g/mol. The first-order valence-corrected chi connectivity index (χ1v) is 7.75. The molecule has 3 nitrogen and oxygen atoms in total. The SMILES string of the molecule is CN(CC1CCCCCC1O)C1CCCCC1O. The van der Waals surface area contributed by atoms with E-state index in [2.05, 4.69) is 11.9 Å². The van der Waals surface area contributed by atoms with Crippen LogP contribution in [0.5, 0.6) is 0 Å². The highest BCUT2D eigenvalue weighted by Crippen LogP contribution is 2.27. The fraction of sp³-hybridized carbons (Fsp3) is 1.00. The van der Waals surface area contributed by atoms with Gasteiger partial charge in [0.15, 0.2) is 0 Å². The summed E-state index contributed by atoms with van der Waals surface area (Å²) in [7, 11) is 2.12. The van der Waals surface area contributed by atoms with Gasteiger partial charge in [-0.05, 0) is 38.6 Å². The van der Waals surface area contributed by atoms with Gasteiger partial charge in [-0.3, -0.25) is 0 Å². The van der Waals surface area contributed by atoms with Crippen LogP contribution in [-0.4, -0.2) is 47.0 Å². The van der Waals surface area contributed by atoms with E-state index in [0.717, 1.165) is 38.6 Å². The van der Waals surface area contributed by atoms with Gasteiger partial charge in [-0.2, -0.15) is 0 Å². The van der Waals surface area contributed by atoms with Crippen LogP contribution < -0.4 is 0 Å². The highest BCUT2D eigenvalue weighted by molar-refractivity contribution is 4.84. The third-order valence-electron chi connectivity index (χ3n) is 4.90. The summed E-state index contributed by atoms with van der Waals surface area (Å²) < 4.78 is 0.